The molecule has 0 spiro atoms. The predicted octanol–water partition coefficient (Wildman–Crippen LogP) is 3.91. The van der Waals surface area contributed by atoms with E-state index in [9.17, 15) is 4.79 Å². The number of aryl methyl sites for hydroxylation is 1. The minimum atomic E-state index is -0.116. The number of hydrogen-bond acceptors (Lipinski definition) is 3. The first kappa shape index (κ1) is 17.1. The second-order valence-corrected chi connectivity index (χ2v) is 6.06. The lowest BCUT2D eigenvalue weighted by atomic mass is 9.88. The van der Waals surface area contributed by atoms with Crippen molar-refractivity contribution in [3.63, 3.8) is 0 Å². The number of rotatable bonds is 5. The number of carbonyl (C=O) groups is 1. The van der Waals surface area contributed by atoms with Crippen LogP contribution < -0.4 is 14.8 Å². The van der Waals surface area contributed by atoms with Gasteiger partial charge in [-0.3, -0.25) is 4.79 Å². The van der Waals surface area contributed by atoms with Crippen molar-refractivity contribution in [2.24, 2.45) is 0 Å². The zero-order valence-electron chi connectivity index (χ0n) is 14.6. The highest BCUT2D eigenvalue weighted by Crippen LogP contribution is 2.31. The predicted molar refractivity (Wildman–Crippen MR) is 98.8 cm³/mol. The van der Waals surface area contributed by atoms with Crippen molar-refractivity contribution in [1.29, 1.82) is 0 Å². The van der Waals surface area contributed by atoms with E-state index in [2.05, 4.69) is 23.5 Å². The lowest BCUT2D eigenvalue weighted by Gasteiger charge is -2.25. The summed E-state index contributed by atoms with van der Waals surface area (Å²) in [5.41, 5.74) is 3.31. The Balaban J connectivity index is 1.75. The third kappa shape index (κ3) is 3.85. The topological polar surface area (TPSA) is 47.6 Å². The molecular formula is C21H23NO3. The molecule has 0 aliphatic heterocycles. The lowest BCUT2D eigenvalue weighted by Crippen LogP contribution is -2.29. The molecule has 25 heavy (non-hydrogen) atoms. The van der Waals surface area contributed by atoms with Crippen LogP contribution >= 0.6 is 0 Å². The fourth-order valence-electron chi connectivity index (χ4n) is 3.33. The van der Waals surface area contributed by atoms with Gasteiger partial charge < -0.3 is 14.8 Å². The van der Waals surface area contributed by atoms with Crippen LogP contribution in [0.5, 0.6) is 11.5 Å². The van der Waals surface area contributed by atoms with Gasteiger partial charge in [-0.15, -0.1) is 0 Å². The lowest BCUT2D eigenvalue weighted by molar-refractivity contribution is -0.117. The number of carbonyl (C=O) groups excluding carboxylic acids is 1. The Bertz CT molecular complexity index is 760. The van der Waals surface area contributed by atoms with Crippen molar-refractivity contribution < 1.29 is 14.3 Å². The molecule has 0 radical (unpaired) electrons. The van der Waals surface area contributed by atoms with Gasteiger partial charge in [-0.05, 0) is 48.6 Å². The van der Waals surface area contributed by atoms with Gasteiger partial charge in [-0.1, -0.05) is 30.3 Å². The Morgan fingerprint density at radius 2 is 1.80 bits per heavy atom. The van der Waals surface area contributed by atoms with Crippen LogP contribution in [-0.4, -0.2) is 20.1 Å². The summed E-state index contributed by atoms with van der Waals surface area (Å²) in [5, 5.41) is 3.11. The fourth-order valence-corrected chi connectivity index (χ4v) is 3.33. The summed E-state index contributed by atoms with van der Waals surface area (Å²) in [5.74, 6) is 1.23. The van der Waals surface area contributed by atoms with Crippen LogP contribution in [0, 0.1) is 0 Å². The maximum absolute atomic E-state index is 12.4. The molecular weight excluding hydrogens is 314 g/mol. The summed E-state index contributed by atoms with van der Waals surface area (Å²) in [6.07, 6.45) is 6.41. The van der Waals surface area contributed by atoms with Crippen LogP contribution in [-0.2, 0) is 11.2 Å². The Hall–Kier alpha value is -2.75. The van der Waals surface area contributed by atoms with E-state index in [-0.39, 0.29) is 11.9 Å². The molecule has 1 N–H and O–H groups in total. The normalized spacial score (nSPS) is 16.3. The molecule has 1 aliphatic carbocycles. The van der Waals surface area contributed by atoms with Gasteiger partial charge in [0.2, 0.25) is 5.91 Å². The maximum atomic E-state index is 12.4. The molecule has 0 heterocycles. The van der Waals surface area contributed by atoms with E-state index in [0.717, 1.165) is 24.8 Å². The monoisotopic (exact) mass is 337 g/mol. The van der Waals surface area contributed by atoms with Gasteiger partial charge in [0.15, 0.2) is 0 Å². The Kier molecular flexibility index (Phi) is 5.39. The summed E-state index contributed by atoms with van der Waals surface area (Å²) in [6.45, 7) is 0. The molecule has 0 unspecified atom stereocenters. The summed E-state index contributed by atoms with van der Waals surface area (Å²) >= 11 is 0. The first-order valence-electron chi connectivity index (χ1n) is 8.50. The minimum absolute atomic E-state index is 0.0710. The van der Waals surface area contributed by atoms with Gasteiger partial charge in [0.25, 0.3) is 0 Å². The molecule has 0 aromatic heterocycles. The van der Waals surface area contributed by atoms with Crippen molar-refractivity contribution in [2.45, 2.75) is 25.3 Å². The Labute approximate surface area is 148 Å². The molecule has 0 fully saturated rings. The average Bonchev–Trinajstić information content (AvgIpc) is 2.66. The summed E-state index contributed by atoms with van der Waals surface area (Å²) in [4.78, 5) is 12.4. The van der Waals surface area contributed by atoms with Gasteiger partial charge in [0.05, 0.1) is 25.8 Å². The highest BCUT2D eigenvalue weighted by Gasteiger charge is 2.20. The Morgan fingerprint density at radius 1 is 1.08 bits per heavy atom. The molecule has 0 bridgehead atoms. The second kappa shape index (κ2) is 7.88. The number of fused-ring (bicyclic) bond motifs is 1. The van der Waals surface area contributed by atoms with Crippen molar-refractivity contribution >= 4 is 12.0 Å². The highest BCUT2D eigenvalue weighted by molar-refractivity contribution is 5.93. The van der Waals surface area contributed by atoms with Gasteiger partial charge >= 0.3 is 0 Å². The number of methoxy groups -OCH3 is 2. The molecule has 1 atom stereocenters. The highest BCUT2D eigenvalue weighted by atomic mass is 16.5. The van der Waals surface area contributed by atoms with Crippen LogP contribution in [0.15, 0.2) is 48.5 Å². The summed E-state index contributed by atoms with van der Waals surface area (Å²) in [7, 11) is 3.20. The van der Waals surface area contributed by atoms with Crippen LogP contribution in [0.3, 0.4) is 0 Å². The van der Waals surface area contributed by atoms with Gasteiger partial charge in [0.1, 0.15) is 11.5 Å². The first-order valence-corrected chi connectivity index (χ1v) is 8.50. The third-order valence-corrected chi connectivity index (χ3v) is 4.55. The fraction of sp³-hybridized carbons (Fsp3) is 0.286. The van der Waals surface area contributed by atoms with Crippen LogP contribution in [0.25, 0.3) is 6.08 Å². The zero-order valence-corrected chi connectivity index (χ0v) is 14.6. The SMILES string of the molecule is COc1cccc(OC)c1/C=C/C(=O)N[C@H]1CCCc2ccccc21. The van der Waals surface area contributed by atoms with E-state index in [1.165, 1.54) is 17.2 Å². The molecule has 0 saturated heterocycles. The Morgan fingerprint density at radius 3 is 2.52 bits per heavy atom. The van der Waals surface area contributed by atoms with E-state index < -0.39 is 0 Å². The molecule has 1 amide bonds. The van der Waals surface area contributed by atoms with E-state index in [0.29, 0.717) is 11.5 Å². The first-order chi connectivity index (χ1) is 12.2. The van der Waals surface area contributed by atoms with Crippen LogP contribution in [0.1, 0.15) is 35.6 Å². The summed E-state index contributed by atoms with van der Waals surface area (Å²) < 4.78 is 10.7. The van der Waals surface area contributed by atoms with Gasteiger partial charge in [-0.25, -0.2) is 0 Å². The van der Waals surface area contributed by atoms with E-state index in [1.54, 1.807) is 20.3 Å². The smallest absolute Gasteiger partial charge is 0.244 e. The number of benzene rings is 2. The molecule has 130 valence electrons. The quantitative estimate of drug-likeness (QED) is 0.842. The number of ether oxygens (including phenoxy) is 2. The molecule has 1 aliphatic rings. The van der Waals surface area contributed by atoms with E-state index in [4.69, 9.17) is 9.47 Å². The maximum Gasteiger partial charge on any atom is 0.244 e. The van der Waals surface area contributed by atoms with Crippen molar-refractivity contribution in [1.82, 2.24) is 5.32 Å². The minimum Gasteiger partial charge on any atom is -0.496 e. The molecule has 0 saturated carbocycles. The average molecular weight is 337 g/mol. The summed E-state index contributed by atoms with van der Waals surface area (Å²) in [6, 6.07) is 13.9. The second-order valence-electron chi connectivity index (χ2n) is 6.06. The van der Waals surface area contributed by atoms with Crippen LogP contribution in [0.2, 0.25) is 0 Å². The molecule has 4 heteroatoms. The van der Waals surface area contributed by atoms with Crippen LogP contribution in [0.4, 0.5) is 0 Å². The van der Waals surface area contributed by atoms with E-state index >= 15 is 0 Å². The third-order valence-electron chi connectivity index (χ3n) is 4.55. The molecule has 2 aromatic carbocycles. The molecule has 2 aromatic rings. The molecule has 3 rings (SSSR count). The number of nitrogens with one attached hydrogen (secondary N) is 1. The van der Waals surface area contributed by atoms with E-state index in [1.807, 2.05) is 24.3 Å². The number of hydrogen-bond donors (Lipinski definition) is 1. The molecule has 4 nitrogen and oxygen atoms in total. The van der Waals surface area contributed by atoms with Crippen molar-refractivity contribution in [2.75, 3.05) is 14.2 Å². The standard InChI is InChI=1S/C21H23NO3/c1-24-19-11-6-12-20(25-2)17(19)13-14-21(23)22-18-10-5-8-15-7-3-4-9-16(15)18/h3-4,6-7,9,11-14,18H,5,8,10H2,1-2H3,(H,22,23)/b14-13+/t18-/m0/s1. The largest absolute Gasteiger partial charge is 0.496 e. The van der Waals surface area contributed by atoms with Gasteiger partial charge in [0, 0.05) is 6.08 Å². The van der Waals surface area contributed by atoms with Gasteiger partial charge in [-0.2, -0.15) is 0 Å². The van der Waals surface area contributed by atoms with Crippen molar-refractivity contribution in [3.05, 3.63) is 65.2 Å². The zero-order chi connectivity index (χ0) is 17.6. The number of amides is 1. The van der Waals surface area contributed by atoms with Crippen molar-refractivity contribution in [3.8, 4) is 11.5 Å².